The Morgan fingerprint density at radius 3 is 2.49 bits per heavy atom. The zero-order valence-corrected chi connectivity index (χ0v) is 20.3. The zero-order chi connectivity index (χ0) is 25.5. The summed E-state index contributed by atoms with van der Waals surface area (Å²) in [5.74, 6) is -1.83. The van der Waals surface area contributed by atoms with Crippen LogP contribution in [0, 0.1) is 6.92 Å². The third kappa shape index (κ3) is 6.80. The van der Waals surface area contributed by atoms with Crippen molar-refractivity contribution in [2.45, 2.75) is 51.2 Å². The second-order valence-corrected chi connectivity index (χ2v) is 8.98. The molecule has 1 aliphatic heterocycles. The lowest BCUT2D eigenvalue weighted by Gasteiger charge is -2.36. The molecular formula is C25H30ClN5O4. The molecule has 4 amide bonds. The van der Waals surface area contributed by atoms with E-state index in [0.717, 1.165) is 16.7 Å². The van der Waals surface area contributed by atoms with E-state index in [1.807, 2.05) is 31.2 Å². The van der Waals surface area contributed by atoms with Crippen molar-refractivity contribution in [2.75, 3.05) is 11.9 Å². The fourth-order valence-electron chi connectivity index (χ4n) is 4.05. The highest BCUT2D eigenvalue weighted by Gasteiger charge is 2.36. The van der Waals surface area contributed by atoms with Crippen molar-refractivity contribution in [3.63, 3.8) is 0 Å². The van der Waals surface area contributed by atoms with Gasteiger partial charge in [-0.25, -0.2) is 0 Å². The van der Waals surface area contributed by atoms with Gasteiger partial charge in [-0.05, 0) is 54.8 Å². The predicted molar refractivity (Wildman–Crippen MR) is 133 cm³/mol. The molecule has 0 bridgehead atoms. The van der Waals surface area contributed by atoms with Crippen molar-refractivity contribution in [1.29, 1.82) is 0 Å². The highest BCUT2D eigenvalue weighted by molar-refractivity contribution is 6.31. The maximum Gasteiger partial charge on any atom is 0.246 e. The summed E-state index contributed by atoms with van der Waals surface area (Å²) >= 11 is 6.06. The number of hydrogen-bond donors (Lipinski definition) is 4. The summed E-state index contributed by atoms with van der Waals surface area (Å²) in [6, 6.07) is 10.9. The minimum atomic E-state index is -0.900. The summed E-state index contributed by atoms with van der Waals surface area (Å²) in [6.45, 7) is 2.22. The van der Waals surface area contributed by atoms with Crippen LogP contribution in [-0.4, -0.2) is 47.2 Å². The second kappa shape index (κ2) is 11.8. The van der Waals surface area contributed by atoms with Gasteiger partial charge in [-0.15, -0.1) is 0 Å². The number of aryl methyl sites for hydroxylation is 1. The van der Waals surface area contributed by atoms with Crippen molar-refractivity contribution >= 4 is 40.9 Å². The summed E-state index contributed by atoms with van der Waals surface area (Å²) in [4.78, 5) is 51.9. The van der Waals surface area contributed by atoms with Gasteiger partial charge in [0.15, 0.2) is 0 Å². The van der Waals surface area contributed by atoms with Crippen LogP contribution in [0.2, 0.25) is 5.02 Å². The summed E-state index contributed by atoms with van der Waals surface area (Å²) < 4.78 is 0. The second-order valence-electron chi connectivity index (χ2n) is 8.57. The first-order valence-corrected chi connectivity index (χ1v) is 11.8. The zero-order valence-electron chi connectivity index (χ0n) is 19.6. The Kier molecular flexibility index (Phi) is 8.84. The smallest absolute Gasteiger partial charge is 0.246 e. The molecule has 0 radical (unpaired) electrons. The Morgan fingerprint density at radius 2 is 1.83 bits per heavy atom. The Morgan fingerprint density at radius 1 is 1.11 bits per heavy atom. The molecule has 0 unspecified atom stereocenters. The van der Waals surface area contributed by atoms with Crippen molar-refractivity contribution in [1.82, 2.24) is 10.2 Å². The number of nitrogens with one attached hydrogen (secondary N) is 2. The van der Waals surface area contributed by atoms with Crippen LogP contribution in [0.1, 0.15) is 36.0 Å². The number of carbonyl (C=O) groups is 4. The van der Waals surface area contributed by atoms with Gasteiger partial charge in [0, 0.05) is 36.5 Å². The molecule has 6 N–H and O–H groups in total. The third-order valence-corrected chi connectivity index (χ3v) is 6.39. The lowest BCUT2D eigenvalue weighted by Crippen LogP contribution is -2.56. The lowest BCUT2D eigenvalue weighted by molar-refractivity contribution is -0.143. The molecule has 0 fully saturated rings. The summed E-state index contributed by atoms with van der Waals surface area (Å²) in [6.07, 6.45) is 0.300. The van der Waals surface area contributed by atoms with Gasteiger partial charge in [0.2, 0.25) is 23.6 Å². The Labute approximate surface area is 209 Å². The lowest BCUT2D eigenvalue weighted by atomic mass is 9.92. The number of benzene rings is 2. The van der Waals surface area contributed by atoms with Crippen molar-refractivity contribution < 1.29 is 19.2 Å². The fourth-order valence-corrected chi connectivity index (χ4v) is 4.17. The average Bonchev–Trinajstić information content (AvgIpc) is 2.83. The van der Waals surface area contributed by atoms with Crippen LogP contribution < -0.4 is 22.1 Å². The van der Waals surface area contributed by atoms with Gasteiger partial charge in [0.1, 0.15) is 12.1 Å². The van der Waals surface area contributed by atoms with Gasteiger partial charge in [-0.2, -0.15) is 0 Å². The number of anilines is 1. The summed E-state index contributed by atoms with van der Waals surface area (Å²) in [5, 5.41) is 6.13. The van der Waals surface area contributed by atoms with Crippen LogP contribution in [0.3, 0.4) is 0 Å². The average molecular weight is 500 g/mol. The molecular weight excluding hydrogens is 470 g/mol. The SMILES string of the molecule is Cc1cc(NC(=O)[C@H](CCN)NC(=O)[C@@H]2Cc3ccccc3CN2C(=O)CCC(N)=O)ccc1Cl. The number of carbonyl (C=O) groups excluding carboxylic acids is 4. The molecule has 9 nitrogen and oxygen atoms in total. The van der Waals surface area contributed by atoms with Gasteiger partial charge >= 0.3 is 0 Å². The van der Waals surface area contributed by atoms with Crippen LogP contribution >= 0.6 is 11.6 Å². The quantitative estimate of drug-likeness (QED) is 0.414. The minimum absolute atomic E-state index is 0.0933. The van der Waals surface area contributed by atoms with Gasteiger partial charge in [-0.1, -0.05) is 35.9 Å². The van der Waals surface area contributed by atoms with Gasteiger partial charge in [0.05, 0.1) is 0 Å². The van der Waals surface area contributed by atoms with Crippen LogP contribution in [0.25, 0.3) is 0 Å². The van der Waals surface area contributed by atoms with Crippen molar-refractivity contribution in [3.8, 4) is 0 Å². The van der Waals surface area contributed by atoms with Crippen LogP contribution in [-0.2, 0) is 32.1 Å². The number of nitrogens with two attached hydrogens (primary N) is 2. The molecule has 0 saturated heterocycles. The van der Waals surface area contributed by atoms with Gasteiger partial charge < -0.3 is 27.0 Å². The van der Waals surface area contributed by atoms with Crippen molar-refractivity contribution in [2.24, 2.45) is 11.5 Å². The molecule has 0 saturated carbocycles. The highest BCUT2D eigenvalue weighted by Crippen LogP contribution is 2.25. The largest absolute Gasteiger partial charge is 0.370 e. The molecule has 2 aromatic carbocycles. The number of halogens is 1. The number of hydrogen-bond acceptors (Lipinski definition) is 5. The first kappa shape index (κ1) is 26.2. The van der Waals surface area contributed by atoms with Crippen LogP contribution in [0.4, 0.5) is 5.69 Å². The van der Waals surface area contributed by atoms with Gasteiger partial charge in [-0.3, -0.25) is 19.2 Å². The number of rotatable bonds is 9. The standard InChI is InChI=1S/C25H30ClN5O4/c1-15-12-18(6-7-19(15)26)29-24(34)20(10-11-27)30-25(35)21-13-16-4-2-3-5-17(16)14-31(21)23(33)9-8-22(28)32/h2-7,12,20-21H,8-11,13-14,27H2,1H3,(H2,28,32)(H,29,34)(H,30,35)/t20-,21-/m0/s1. The summed E-state index contributed by atoms with van der Waals surface area (Å²) in [5.41, 5.74) is 14.1. The molecule has 1 aliphatic rings. The molecule has 0 aromatic heterocycles. The van der Waals surface area contributed by atoms with E-state index in [-0.39, 0.29) is 44.7 Å². The molecule has 1 heterocycles. The van der Waals surface area contributed by atoms with Crippen molar-refractivity contribution in [3.05, 3.63) is 64.2 Å². The number of nitrogens with zero attached hydrogens (tertiary/aromatic N) is 1. The maximum absolute atomic E-state index is 13.4. The Balaban J connectivity index is 1.78. The molecule has 0 aliphatic carbocycles. The van der Waals surface area contributed by atoms with Crippen LogP contribution in [0.15, 0.2) is 42.5 Å². The Hall–Kier alpha value is -3.43. The normalized spacial score (nSPS) is 15.6. The maximum atomic E-state index is 13.4. The van der Waals surface area contributed by atoms with Gasteiger partial charge in [0.25, 0.3) is 0 Å². The van der Waals surface area contributed by atoms with E-state index >= 15 is 0 Å². The van der Waals surface area contributed by atoms with E-state index in [2.05, 4.69) is 10.6 Å². The first-order valence-electron chi connectivity index (χ1n) is 11.4. The van der Waals surface area contributed by atoms with Crippen LogP contribution in [0.5, 0.6) is 0 Å². The molecule has 2 atom stereocenters. The molecule has 10 heteroatoms. The molecule has 0 spiro atoms. The topological polar surface area (TPSA) is 148 Å². The number of fused-ring (bicyclic) bond motifs is 1. The molecule has 3 rings (SSSR count). The van der Waals surface area contributed by atoms with E-state index in [1.54, 1.807) is 18.2 Å². The predicted octanol–water partition coefficient (Wildman–Crippen LogP) is 1.64. The van der Waals surface area contributed by atoms with E-state index in [4.69, 9.17) is 23.1 Å². The first-order chi connectivity index (χ1) is 16.7. The van der Waals surface area contributed by atoms with E-state index in [1.165, 1.54) is 4.90 Å². The monoisotopic (exact) mass is 499 g/mol. The Bertz CT molecular complexity index is 1120. The van der Waals surface area contributed by atoms with E-state index < -0.39 is 29.8 Å². The highest BCUT2D eigenvalue weighted by atomic mass is 35.5. The number of primary amides is 1. The van der Waals surface area contributed by atoms with E-state index in [9.17, 15) is 19.2 Å². The molecule has 186 valence electrons. The minimum Gasteiger partial charge on any atom is -0.370 e. The van der Waals surface area contributed by atoms with E-state index in [0.29, 0.717) is 10.7 Å². The fraction of sp³-hybridized carbons (Fsp3) is 0.360. The summed E-state index contributed by atoms with van der Waals surface area (Å²) in [7, 11) is 0. The molecule has 35 heavy (non-hydrogen) atoms. The third-order valence-electron chi connectivity index (χ3n) is 5.97. The number of amides is 4. The molecule has 2 aromatic rings.